The van der Waals surface area contributed by atoms with Gasteiger partial charge in [0, 0.05) is 67.8 Å². The van der Waals surface area contributed by atoms with Gasteiger partial charge < -0.3 is 15.1 Å². The number of nitrogens with zero attached hydrogens (tertiary/aromatic N) is 5. The SMILES string of the molecule is C=C(c1c(C)ncnc1C)N1CCC(C)(N2CCC(N(Cc3ccccc3)c3ccc(CNC(=O)CNS(=O)(=O)C4CC4)cc3)CC2)CC1. The smallest absolute Gasteiger partial charge is 0.235 e. The maximum absolute atomic E-state index is 12.3. The van der Waals surface area contributed by atoms with Crippen molar-refractivity contribution in [3.8, 4) is 0 Å². The number of hydrogen-bond acceptors (Lipinski definition) is 8. The lowest BCUT2D eigenvalue weighted by Crippen LogP contribution is -2.57. The molecule has 3 aromatic rings. The minimum Gasteiger partial charge on any atom is -0.371 e. The zero-order chi connectivity index (χ0) is 34.6. The fourth-order valence-corrected chi connectivity index (χ4v) is 8.73. The van der Waals surface area contributed by atoms with Crippen molar-refractivity contribution in [3.05, 3.63) is 95.6 Å². The highest BCUT2D eigenvalue weighted by Crippen LogP contribution is 2.36. The topological polar surface area (TPSA) is 111 Å². The Morgan fingerprint density at radius 3 is 2.16 bits per heavy atom. The molecule has 0 bridgehead atoms. The van der Waals surface area contributed by atoms with E-state index >= 15 is 0 Å². The Hall–Kier alpha value is -3.80. The number of aryl methyl sites for hydroxylation is 2. The van der Waals surface area contributed by atoms with Gasteiger partial charge in [-0.05, 0) is 82.6 Å². The minimum absolute atomic E-state index is 0.160. The van der Waals surface area contributed by atoms with E-state index in [0.29, 0.717) is 25.4 Å². The van der Waals surface area contributed by atoms with Crippen LogP contribution in [0.1, 0.15) is 73.5 Å². The molecule has 6 rings (SSSR count). The molecule has 1 saturated carbocycles. The summed E-state index contributed by atoms with van der Waals surface area (Å²) in [7, 11) is -3.38. The van der Waals surface area contributed by atoms with Crippen molar-refractivity contribution in [2.45, 2.75) is 89.2 Å². The number of anilines is 1. The number of piperidine rings is 2. The molecule has 49 heavy (non-hydrogen) atoms. The van der Waals surface area contributed by atoms with Gasteiger partial charge in [-0.3, -0.25) is 9.69 Å². The van der Waals surface area contributed by atoms with Gasteiger partial charge in [0.15, 0.2) is 0 Å². The summed E-state index contributed by atoms with van der Waals surface area (Å²) in [4.78, 5) is 28.8. The quantitative estimate of drug-likeness (QED) is 0.265. The van der Waals surface area contributed by atoms with Crippen LogP contribution in [0, 0.1) is 13.8 Å². The highest BCUT2D eigenvalue weighted by atomic mass is 32.2. The van der Waals surface area contributed by atoms with E-state index in [2.05, 4.69) is 103 Å². The molecule has 3 aliphatic rings. The lowest BCUT2D eigenvalue weighted by atomic mass is 9.85. The monoisotopic (exact) mass is 685 g/mol. The Labute approximate surface area is 292 Å². The van der Waals surface area contributed by atoms with E-state index in [1.807, 2.05) is 13.8 Å². The van der Waals surface area contributed by atoms with Gasteiger partial charge in [-0.15, -0.1) is 0 Å². The zero-order valence-electron chi connectivity index (χ0n) is 29.2. The molecule has 1 aliphatic carbocycles. The normalized spacial score (nSPS) is 18.6. The molecule has 2 N–H and O–H groups in total. The van der Waals surface area contributed by atoms with E-state index in [9.17, 15) is 13.2 Å². The van der Waals surface area contributed by atoms with Crippen LogP contribution in [0.5, 0.6) is 0 Å². The first-order valence-electron chi connectivity index (χ1n) is 17.6. The standard InChI is InChI=1S/C38H51N7O3S/c1-28-37(29(2)41-27-40-28)30(3)43-22-18-38(4,19-23-43)44-20-16-34(17-21-44)45(26-32-8-6-5-7-9-32)33-12-10-31(11-13-33)24-39-36(46)25-42-49(47,48)35-14-15-35/h5-13,27,34-35,42H,3,14-26H2,1-2,4H3,(H,39,46). The van der Waals surface area contributed by atoms with Crippen molar-refractivity contribution >= 4 is 27.3 Å². The number of carbonyl (C=O) groups excluding carboxylic acids is 1. The van der Waals surface area contributed by atoms with Crippen molar-refractivity contribution < 1.29 is 13.2 Å². The molecule has 2 aromatic carbocycles. The number of nitrogens with one attached hydrogen (secondary N) is 2. The van der Waals surface area contributed by atoms with Gasteiger partial charge in [-0.1, -0.05) is 49.0 Å². The molecule has 3 fully saturated rings. The zero-order valence-corrected chi connectivity index (χ0v) is 30.0. The minimum atomic E-state index is -3.38. The molecule has 11 heteroatoms. The number of amides is 1. The molecular formula is C38H51N7O3S. The number of rotatable bonds is 13. The Morgan fingerprint density at radius 2 is 1.55 bits per heavy atom. The van der Waals surface area contributed by atoms with E-state index in [-0.39, 0.29) is 23.2 Å². The van der Waals surface area contributed by atoms with Crippen LogP contribution in [0.4, 0.5) is 5.69 Å². The van der Waals surface area contributed by atoms with Crippen LogP contribution in [0.15, 0.2) is 67.5 Å². The molecule has 10 nitrogen and oxygen atoms in total. The van der Waals surface area contributed by atoms with Gasteiger partial charge in [0.05, 0.1) is 23.2 Å². The number of likely N-dealkylation sites (tertiary alicyclic amines) is 2. The van der Waals surface area contributed by atoms with E-state index in [1.54, 1.807) is 6.33 Å². The molecular weight excluding hydrogens is 635 g/mol. The molecule has 0 spiro atoms. The molecule has 1 aromatic heterocycles. The predicted octanol–water partition coefficient (Wildman–Crippen LogP) is 4.79. The van der Waals surface area contributed by atoms with Crippen molar-refractivity contribution in [1.29, 1.82) is 0 Å². The Bertz CT molecular complexity index is 1690. The van der Waals surface area contributed by atoms with Gasteiger partial charge in [0.1, 0.15) is 6.33 Å². The first-order valence-corrected chi connectivity index (χ1v) is 19.2. The molecule has 0 unspecified atom stereocenters. The first-order chi connectivity index (χ1) is 23.5. The average molecular weight is 686 g/mol. The Morgan fingerprint density at radius 1 is 0.918 bits per heavy atom. The van der Waals surface area contributed by atoms with Gasteiger partial charge in [-0.25, -0.2) is 23.1 Å². The third kappa shape index (κ3) is 8.51. The predicted molar refractivity (Wildman–Crippen MR) is 195 cm³/mol. The summed E-state index contributed by atoms with van der Waals surface area (Å²) < 4.78 is 26.5. The maximum Gasteiger partial charge on any atom is 0.235 e. The number of benzene rings is 2. The average Bonchev–Trinajstić information content (AvgIpc) is 3.97. The molecule has 3 heterocycles. The number of aromatic nitrogens is 2. The third-order valence-electron chi connectivity index (χ3n) is 10.8. The Balaban J connectivity index is 1.05. The van der Waals surface area contributed by atoms with Crippen LogP contribution in [0.3, 0.4) is 0 Å². The van der Waals surface area contributed by atoms with E-state index in [0.717, 1.165) is 86.6 Å². The van der Waals surface area contributed by atoms with Crippen LogP contribution in [0.2, 0.25) is 0 Å². The Kier molecular flexibility index (Phi) is 10.7. The summed E-state index contributed by atoms with van der Waals surface area (Å²) in [5.41, 5.74) is 7.68. The molecule has 1 amide bonds. The fraction of sp³-hybridized carbons (Fsp3) is 0.500. The molecule has 262 valence electrons. The second-order valence-corrected chi connectivity index (χ2v) is 16.2. The summed E-state index contributed by atoms with van der Waals surface area (Å²) in [6, 6.07) is 19.5. The van der Waals surface area contributed by atoms with Crippen LogP contribution in [0.25, 0.3) is 5.70 Å². The highest BCUT2D eigenvalue weighted by molar-refractivity contribution is 7.90. The largest absolute Gasteiger partial charge is 0.371 e. The third-order valence-corrected chi connectivity index (χ3v) is 12.7. The van der Waals surface area contributed by atoms with Crippen molar-refractivity contribution in [2.24, 2.45) is 0 Å². The van der Waals surface area contributed by atoms with Crippen molar-refractivity contribution in [1.82, 2.24) is 29.8 Å². The number of sulfonamides is 1. The molecule has 0 radical (unpaired) electrons. The van der Waals surface area contributed by atoms with Crippen LogP contribution < -0.4 is 14.9 Å². The molecule has 2 aliphatic heterocycles. The number of hydrogen-bond donors (Lipinski definition) is 2. The van der Waals surface area contributed by atoms with Gasteiger partial charge in [0.25, 0.3) is 0 Å². The molecule has 2 saturated heterocycles. The summed E-state index contributed by atoms with van der Waals surface area (Å²) in [5.74, 6) is -0.328. The van der Waals surface area contributed by atoms with Crippen molar-refractivity contribution in [3.63, 3.8) is 0 Å². The lowest BCUT2D eigenvalue weighted by Gasteiger charge is -2.51. The fourth-order valence-electron chi connectivity index (χ4n) is 7.40. The van der Waals surface area contributed by atoms with Gasteiger partial charge in [-0.2, -0.15) is 0 Å². The van der Waals surface area contributed by atoms with Crippen LogP contribution in [-0.4, -0.2) is 83.6 Å². The van der Waals surface area contributed by atoms with Gasteiger partial charge >= 0.3 is 0 Å². The van der Waals surface area contributed by atoms with E-state index in [1.165, 1.54) is 11.3 Å². The van der Waals surface area contributed by atoms with Crippen molar-refractivity contribution in [2.75, 3.05) is 37.6 Å². The van der Waals surface area contributed by atoms with Crippen LogP contribution >= 0.6 is 0 Å². The van der Waals surface area contributed by atoms with E-state index in [4.69, 9.17) is 0 Å². The number of carbonyl (C=O) groups is 1. The highest BCUT2D eigenvalue weighted by Gasteiger charge is 2.39. The summed E-state index contributed by atoms with van der Waals surface area (Å²) in [5, 5.41) is 2.51. The summed E-state index contributed by atoms with van der Waals surface area (Å²) >= 11 is 0. The van der Waals surface area contributed by atoms with Crippen LogP contribution in [-0.2, 0) is 27.9 Å². The summed E-state index contributed by atoms with van der Waals surface area (Å²) in [6.07, 6.45) is 7.35. The lowest BCUT2D eigenvalue weighted by molar-refractivity contribution is -0.120. The van der Waals surface area contributed by atoms with E-state index < -0.39 is 10.0 Å². The molecule has 0 atom stereocenters. The first kappa shape index (κ1) is 35.0. The maximum atomic E-state index is 12.3. The summed E-state index contributed by atoms with van der Waals surface area (Å²) in [6.45, 7) is 16.0. The van der Waals surface area contributed by atoms with Gasteiger partial charge in [0.2, 0.25) is 15.9 Å². The second-order valence-electron chi connectivity index (χ2n) is 14.2. The second kappa shape index (κ2) is 15.0.